The third-order valence-electron chi connectivity index (χ3n) is 5.82. The first-order chi connectivity index (χ1) is 12.1. The Balaban J connectivity index is 1.94. The number of nitrogens with two attached hydrogens (primary N) is 2. The van der Waals surface area contributed by atoms with Crippen molar-refractivity contribution < 1.29 is 15.4 Å². The minimum Gasteiger partial charge on any atom is -0.353 e. The fraction of sp³-hybridized carbons (Fsp3) is 0.909. The number of rotatable bonds is 4. The van der Waals surface area contributed by atoms with Crippen LogP contribution in [0.4, 0.5) is 0 Å². The molecule has 0 saturated carbocycles. The first kappa shape index (κ1) is 22.4. The Hall–Kier alpha value is -0.940. The third kappa shape index (κ3) is 7.19. The van der Waals surface area contributed by atoms with Gasteiger partial charge in [-0.3, -0.25) is 9.79 Å². The molecule has 2 aliphatic rings. The zero-order chi connectivity index (χ0) is 20.7. The molecule has 2 saturated heterocycles. The molecule has 2 fully saturated rings. The van der Waals surface area contributed by atoms with Crippen LogP contribution in [0.15, 0.2) is 4.99 Å². The van der Waals surface area contributed by atoms with Crippen molar-refractivity contribution in [1.82, 2.24) is 5.32 Å². The standard InChI is InChI=1S/C22H42N4O/c1-15(23-16-11-19(2,3)25-20(4,5)12-16)10-18(27)24-17-13-21(6,7)26-22(8,9)14-17/h16-17,25-26H,10-14H2,1-9H3,(H,24,27)/p+2. The highest BCUT2D eigenvalue weighted by Crippen LogP contribution is 2.25. The summed E-state index contributed by atoms with van der Waals surface area (Å²) in [5, 5.41) is 8.20. The zero-order valence-electron chi connectivity index (χ0n) is 19.2. The van der Waals surface area contributed by atoms with E-state index in [0.29, 0.717) is 12.5 Å². The Kier molecular flexibility index (Phi) is 6.19. The normalized spacial score (nSPS) is 28.0. The molecule has 1 amide bonds. The summed E-state index contributed by atoms with van der Waals surface area (Å²) < 4.78 is 0. The Labute approximate surface area is 166 Å². The maximum absolute atomic E-state index is 12.6. The van der Waals surface area contributed by atoms with Crippen LogP contribution in [0.5, 0.6) is 0 Å². The number of quaternary nitrogens is 2. The SMILES string of the molecule is CC(CC(=O)NC1CC(C)(C)[NH2+]C(C)(C)C1)=NC1CC(C)(C)[NH2+]C(C)(C)C1. The van der Waals surface area contributed by atoms with Crippen LogP contribution in [0.25, 0.3) is 0 Å². The predicted octanol–water partition coefficient (Wildman–Crippen LogP) is 1.52. The van der Waals surface area contributed by atoms with E-state index in [-0.39, 0.29) is 34.1 Å². The van der Waals surface area contributed by atoms with E-state index >= 15 is 0 Å². The lowest BCUT2D eigenvalue weighted by Crippen LogP contribution is -3.06. The highest BCUT2D eigenvalue weighted by molar-refractivity contribution is 5.99. The Morgan fingerprint density at radius 2 is 1.26 bits per heavy atom. The fourth-order valence-electron chi connectivity index (χ4n) is 6.04. The Bertz CT molecular complexity index is 557. The second-order valence-electron chi connectivity index (χ2n) is 12.0. The molecule has 0 aliphatic carbocycles. The molecule has 27 heavy (non-hydrogen) atoms. The van der Waals surface area contributed by atoms with Crippen molar-refractivity contribution in [3.8, 4) is 0 Å². The summed E-state index contributed by atoms with van der Waals surface area (Å²) >= 11 is 0. The largest absolute Gasteiger partial charge is 0.353 e. The molecule has 0 radical (unpaired) electrons. The van der Waals surface area contributed by atoms with Crippen molar-refractivity contribution in [2.45, 2.75) is 129 Å². The number of hydrogen-bond donors (Lipinski definition) is 3. The number of piperidine rings is 2. The maximum atomic E-state index is 12.6. The van der Waals surface area contributed by atoms with E-state index < -0.39 is 0 Å². The highest BCUT2D eigenvalue weighted by Gasteiger charge is 2.43. The lowest BCUT2D eigenvalue weighted by Gasteiger charge is -2.43. The summed E-state index contributed by atoms with van der Waals surface area (Å²) in [5.74, 6) is 0.121. The van der Waals surface area contributed by atoms with Crippen molar-refractivity contribution in [2.75, 3.05) is 0 Å². The summed E-state index contributed by atoms with van der Waals surface area (Å²) in [7, 11) is 0. The van der Waals surface area contributed by atoms with Gasteiger partial charge in [-0.25, -0.2) is 0 Å². The molecular formula is C22H44N4O+2. The molecule has 0 aromatic rings. The molecular weight excluding hydrogens is 336 g/mol. The average Bonchev–Trinajstić information content (AvgIpc) is 2.28. The van der Waals surface area contributed by atoms with Crippen molar-refractivity contribution in [3.63, 3.8) is 0 Å². The molecule has 5 nitrogen and oxygen atoms in total. The van der Waals surface area contributed by atoms with Gasteiger partial charge in [-0.05, 0) is 62.3 Å². The minimum atomic E-state index is 0.121. The average molecular weight is 381 g/mol. The van der Waals surface area contributed by atoms with Crippen LogP contribution < -0.4 is 16.0 Å². The van der Waals surface area contributed by atoms with Gasteiger partial charge >= 0.3 is 0 Å². The van der Waals surface area contributed by atoms with E-state index in [0.717, 1.165) is 31.4 Å². The number of aliphatic imine (C=N–C) groups is 1. The van der Waals surface area contributed by atoms with E-state index in [1.165, 1.54) is 0 Å². The van der Waals surface area contributed by atoms with Crippen LogP contribution in [0, 0.1) is 0 Å². The van der Waals surface area contributed by atoms with Gasteiger partial charge in [0.25, 0.3) is 0 Å². The van der Waals surface area contributed by atoms with Gasteiger partial charge in [0.2, 0.25) is 5.91 Å². The van der Waals surface area contributed by atoms with Gasteiger partial charge in [-0.1, -0.05) is 0 Å². The molecule has 156 valence electrons. The number of amides is 1. The van der Waals surface area contributed by atoms with Gasteiger partial charge in [-0.2, -0.15) is 0 Å². The van der Waals surface area contributed by atoms with Crippen molar-refractivity contribution >= 4 is 11.6 Å². The number of nitrogens with one attached hydrogen (secondary N) is 1. The number of nitrogens with zero attached hydrogens (tertiary/aromatic N) is 1. The molecule has 5 heteroatoms. The molecule has 0 aromatic heterocycles. The predicted molar refractivity (Wildman–Crippen MR) is 112 cm³/mol. The lowest BCUT2D eigenvalue weighted by atomic mass is 9.79. The highest BCUT2D eigenvalue weighted by atomic mass is 16.1. The van der Waals surface area contributed by atoms with Crippen molar-refractivity contribution in [3.05, 3.63) is 0 Å². The summed E-state index contributed by atoms with van der Waals surface area (Å²) in [6, 6.07) is 0.567. The minimum absolute atomic E-state index is 0.121. The van der Waals surface area contributed by atoms with E-state index in [2.05, 4.69) is 71.3 Å². The summed E-state index contributed by atoms with van der Waals surface area (Å²) in [4.78, 5) is 17.6. The molecule has 0 unspecified atom stereocenters. The van der Waals surface area contributed by atoms with Crippen LogP contribution in [0.1, 0.15) is 94.4 Å². The Morgan fingerprint density at radius 3 is 1.70 bits per heavy atom. The first-order valence-corrected chi connectivity index (χ1v) is 10.6. The van der Waals surface area contributed by atoms with Gasteiger partial charge < -0.3 is 16.0 Å². The second-order valence-corrected chi connectivity index (χ2v) is 12.0. The van der Waals surface area contributed by atoms with Gasteiger partial charge in [-0.15, -0.1) is 0 Å². The lowest BCUT2D eigenvalue weighted by molar-refractivity contribution is -0.788. The molecule has 2 rings (SSSR count). The van der Waals surface area contributed by atoms with Crippen LogP contribution in [0.2, 0.25) is 0 Å². The Morgan fingerprint density at radius 1 is 0.852 bits per heavy atom. The van der Waals surface area contributed by atoms with E-state index in [1.54, 1.807) is 0 Å². The van der Waals surface area contributed by atoms with E-state index in [9.17, 15) is 4.79 Å². The first-order valence-electron chi connectivity index (χ1n) is 10.6. The topological polar surface area (TPSA) is 74.7 Å². The van der Waals surface area contributed by atoms with Gasteiger partial charge in [0.1, 0.15) is 0 Å². The number of carbonyl (C=O) groups excluding carboxylic acids is 1. The summed E-state index contributed by atoms with van der Waals surface area (Å²) in [6.45, 7) is 20.3. The number of hydrogen-bond acceptors (Lipinski definition) is 2. The van der Waals surface area contributed by atoms with Crippen LogP contribution in [0.3, 0.4) is 0 Å². The monoisotopic (exact) mass is 380 g/mol. The van der Waals surface area contributed by atoms with Gasteiger partial charge in [0.05, 0.1) is 34.6 Å². The van der Waals surface area contributed by atoms with Gasteiger partial charge in [0.15, 0.2) is 0 Å². The molecule has 0 aromatic carbocycles. The fourth-order valence-corrected chi connectivity index (χ4v) is 6.04. The quantitative estimate of drug-likeness (QED) is 0.636. The van der Waals surface area contributed by atoms with Crippen molar-refractivity contribution in [2.24, 2.45) is 4.99 Å². The maximum Gasteiger partial charge on any atom is 0.225 e. The van der Waals surface area contributed by atoms with E-state index in [4.69, 9.17) is 4.99 Å². The van der Waals surface area contributed by atoms with Crippen LogP contribution in [-0.4, -0.2) is 45.9 Å². The number of carbonyl (C=O) groups is 1. The summed E-state index contributed by atoms with van der Waals surface area (Å²) in [6.07, 6.45) is 4.58. The third-order valence-corrected chi connectivity index (χ3v) is 5.82. The summed E-state index contributed by atoms with van der Waals surface area (Å²) in [5.41, 5.74) is 1.70. The molecule has 2 heterocycles. The van der Waals surface area contributed by atoms with E-state index in [1.807, 2.05) is 6.92 Å². The van der Waals surface area contributed by atoms with Crippen molar-refractivity contribution in [1.29, 1.82) is 0 Å². The second kappa shape index (κ2) is 7.47. The zero-order valence-corrected chi connectivity index (χ0v) is 19.2. The smallest absolute Gasteiger partial charge is 0.225 e. The molecule has 2 aliphatic heterocycles. The van der Waals surface area contributed by atoms with Crippen LogP contribution >= 0.6 is 0 Å². The molecule has 0 atom stereocenters. The molecule has 0 bridgehead atoms. The molecule has 5 N–H and O–H groups in total. The van der Waals surface area contributed by atoms with Crippen LogP contribution in [-0.2, 0) is 4.79 Å². The molecule has 0 spiro atoms. The van der Waals surface area contributed by atoms with Gasteiger partial charge in [0, 0.05) is 37.4 Å².